The summed E-state index contributed by atoms with van der Waals surface area (Å²) < 4.78 is 45.8. The van der Waals surface area contributed by atoms with Gasteiger partial charge in [-0.15, -0.1) is 0 Å². The van der Waals surface area contributed by atoms with E-state index in [9.17, 15) is 18.0 Å². The minimum absolute atomic E-state index is 0.0894. The summed E-state index contributed by atoms with van der Waals surface area (Å²) in [6.07, 6.45) is 1.35. The topological polar surface area (TPSA) is 75.6 Å². The van der Waals surface area contributed by atoms with Crippen LogP contribution in [0, 0.1) is 6.92 Å². The Balaban J connectivity index is 1.29. The number of amides is 1. The van der Waals surface area contributed by atoms with Crippen molar-refractivity contribution in [2.75, 3.05) is 18.4 Å². The predicted octanol–water partition coefficient (Wildman–Crippen LogP) is 5.03. The van der Waals surface area contributed by atoms with Crippen molar-refractivity contribution in [3.05, 3.63) is 94.3 Å². The van der Waals surface area contributed by atoms with E-state index >= 15 is 0 Å². The summed E-state index contributed by atoms with van der Waals surface area (Å²) in [5, 5.41) is 5.76. The second-order valence-electron chi connectivity index (χ2n) is 8.65. The first kappa shape index (κ1) is 23.6. The lowest BCUT2D eigenvalue weighted by Gasteiger charge is -2.22. The van der Waals surface area contributed by atoms with Crippen molar-refractivity contribution in [1.82, 2.24) is 10.3 Å². The van der Waals surface area contributed by atoms with Gasteiger partial charge in [-0.1, -0.05) is 18.2 Å². The Labute approximate surface area is 205 Å². The second kappa shape index (κ2) is 9.49. The summed E-state index contributed by atoms with van der Waals surface area (Å²) in [5.74, 6) is 0.921. The number of nitrogens with zero attached hydrogens (tertiary/aromatic N) is 2. The number of aromatic nitrogens is 1. The fourth-order valence-corrected chi connectivity index (χ4v) is 4.23. The molecule has 9 heteroatoms. The number of amidine groups is 1. The van der Waals surface area contributed by atoms with Crippen LogP contribution in [0.4, 0.5) is 18.9 Å². The molecule has 1 unspecified atom stereocenters. The molecule has 6 nitrogen and oxygen atoms in total. The number of rotatable bonds is 5. The Morgan fingerprint density at radius 3 is 2.78 bits per heavy atom. The quantitative estimate of drug-likeness (QED) is 0.524. The van der Waals surface area contributed by atoms with E-state index in [4.69, 9.17) is 4.74 Å². The number of ether oxygens (including phenoxy) is 1. The zero-order valence-electron chi connectivity index (χ0n) is 19.4. The van der Waals surface area contributed by atoms with Crippen molar-refractivity contribution in [1.29, 1.82) is 0 Å². The summed E-state index contributed by atoms with van der Waals surface area (Å²) in [6, 6.07) is 12.6. The number of halogens is 3. The fraction of sp³-hybridized carbons (Fsp3) is 0.222. The predicted molar refractivity (Wildman–Crippen MR) is 131 cm³/mol. The molecule has 0 radical (unpaired) electrons. The number of nitrogens with one attached hydrogen (secondary N) is 2. The molecular weight excluding hydrogens is 469 g/mol. The maximum atomic E-state index is 13.2. The van der Waals surface area contributed by atoms with Crippen molar-refractivity contribution in [3.8, 4) is 5.75 Å². The number of benzene rings is 2. The third-order valence-electron chi connectivity index (χ3n) is 6.05. The Morgan fingerprint density at radius 2 is 2.00 bits per heavy atom. The van der Waals surface area contributed by atoms with Crippen molar-refractivity contribution >= 4 is 23.5 Å². The zero-order chi connectivity index (χ0) is 25.3. The molecule has 1 aromatic heterocycles. The number of pyridine rings is 1. The summed E-state index contributed by atoms with van der Waals surface area (Å²) in [5.41, 5.74) is 2.35. The zero-order valence-corrected chi connectivity index (χ0v) is 19.4. The molecule has 2 N–H and O–H groups in total. The number of fused-ring (bicyclic) bond motifs is 1. The van der Waals surface area contributed by atoms with Gasteiger partial charge in [0.1, 0.15) is 23.4 Å². The largest absolute Gasteiger partial charge is 0.486 e. The highest BCUT2D eigenvalue weighted by Crippen LogP contribution is 2.33. The molecule has 2 heterocycles. The van der Waals surface area contributed by atoms with Gasteiger partial charge in [-0.25, -0.2) is 0 Å². The molecule has 5 rings (SSSR count). The van der Waals surface area contributed by atoms with Gasteiger partial charge in [0.25, 0.3) is 5.91 Å². The lowest BCUT2D eigenvalue weighted by Crippen LogP contribution is -2.22. The van der Waals surface area contributed by atoms with Gasteiger partial charge in [-0.05, 0) is 60.0 Å². The molecule has 36 heavy (non-hydrogen) atoms. The average Bonchev–Trinajstić information content (AvgIpc) is 3.39. The van der Waals surface area contributed by atoms with E-state index in [2.05, 4.69) is 20.6 Å². The standard InChI is InChI=1S/C27H23F3N4O2/c1-16-2-6-20(14-23(16)27(28,29)30)34-26(35)18-4-3-17-5-7-21(13-19(17)12-18)36-22-8-9-31-24(15-22)25-32-10-11-33-25/h2-9,12,14-15,21H,10-11,13H2,1H3,(H,32,33)(H,34,35). The molecule has 0 saturated carbocycles. The molecule has 3 aromatic rings. The molecule has 1 aliphatic carbocycles. The van der Waals surface area contributed by atoms with E-state index in [1.807, 2.05) is 24.3 Å². The summed E-state index contributed by atoms with van der Waals surface area (Å²) in [4.78, 5) is 21.5. The normalized spacial score (nSPS) is 16.7. The SMILES string of the molecule is Cc1ccc(NC(=O)c2ccc3c(c2)CC(Oc2ccnc(C4=NCCN4)c2)C=C3)cc1C(F)(F)F. The fourth-order valence-electron chi connectivity index (χ4n) is 4.23. The van der Waals surface area contributed by atoms with Crippen LogP contribution < -0.4 is 15.4 Å². The van der Waals surface area contributed by atoms with Gasteiger partial charge >= 0.3 is 6.18 Å². The number of carbonyl (C=O) groups is 1. The van der Waals surface area contributed by atoms with Crippen LogP contribution in [0.15, 0.2) is 65.8 Å². The first-order valence-corrected chi connectivity index (χ1v) is 11.5. The molecule has 2 aliphatic rings. The van der Waals surface area contributed by atoms with E-state index in [1.165, 1.54) is 19.1 Å². The van der Waals surface area contributed by atoms with Crippen LogP contribution in [0.2, 0.25) is 0 Å². The Morgan fingerprint density at radius 1 is 1.14 bits per heavy atom. The van der Waals surface area contributed by atoms with Crippen LogP contribution in [-0.2, 0) is 12.6 Å². The van der Waals surface area contributed by atoms with Gasteiger partial charge < -0.3 is 15.4 Å². The van der Waals surface area contributed by atoms with Gasteiger partial charge in [0.2, 0.25) is 0 Å². The van der Waals surface area contributed by atoms with E-state index in [0.717, 1.165) is 29.6 Å². The Kier molecular flexibility index (Phi) is 6.22. The highest BCUT2D eigenvalue weighted by Gasteiger charge is 2.32. The number of anilines is 1. The van der Waals surface area contributed by atoms with Gasteiger partial charge in [0, 0.05) is 36.5 Å². The van der Waals surface area contributed by atoms with E-state index < -0.39 is 17.6 Å². The smallest absolute Gasteiger partial charge is 0.416 e. The molecule has 0 spiro atoms. The van der Waals surface area contributed by atoms with Crippen molar-refractivity contribution < 1.29 is 22.7 Å². The molecule has 0 bridgehead atoms. The number of hydrogen-bond donors (Lipinski definition) is 2. The average molecular weight is 493 g/mol. The van der Waals surface area contributed by atoms with E-state index in [0.29, 0.717) is 30.0 Å². The van der Waals surface area contributed by atoms with Crippen LogP contribution in [-0.4, -0.2) is 35.9 Å². The molecule has 0 saturated heterocycles. The molecule has 2 aromatic carbocycles. The summed E-state index contributed by atoms with van der Waals surface area (Å²) in [6.45, 7) is 2.89. The Bertz CT molecular complexity index is 1380. The highest BCUT2D eigenvalue weighted by molar-refractivity contribution is 6.04. The number of hydrogen-bond acceptors (Lipinski definition) is 5. The van der Waals surface area contributed by atoms with Crippen LogP contribution in [0.1, 0.15) is 38.3 Å². The van der Waals surface area contributed by atoms with E-state index in [1.54, 1.807) is 24.4 Å². The second-order valence-corrected chi connectivity index (χ2v) is 8.65. The third-order valence-corrected chi connectivity index (χ3v) is 6.05. The molecule has 1 amide bonds. The first-order valence-electron chi connectivity index (χ1n) is 11.5. The monoisotopic (exact) mass is 492 g/mol. The van der Waals surface area contributed by atoms with Crippen molar-refractivity contribution in [2.24, 2.45) is 4.99 Å². The molecule has 0 fully saturated rings. The minimum Gasteiger partial charge on any atom is -0.486 e. The van der Waals surface area contributed by atoms with E-state index in [-0.39, 0.29) is 17.4 Å². The van der Waals surface area contributed by atoms with Gasteiger partial charge in [-0.2, -0.15) is 13.2 Å². The lowest BCUT2D eigenvalue weighted by molar-refractivity contribution is -0.138. The Hall–Kier alpha value is -4.14. The van der Waals surface area contributed by atoms with Crippen LogP contribution in [0.5, 0.6) is 5.75 Å². The summed E-state index contributed by atoms with van der Waals surface area (Å²) in [7, 11) is 0. The van der Waals surface area contributed by atoms with Crippen LogP contribution in [0.3, 0.4) is 0 Å². The highest BCUT2D eigenvalue weighted by atomic mass is 19.4. The number of aryl methyl sites for hydroxylation is 1. The minimum atomic E-state index is -4.49. The maximum absolute atomic E-state index is 13.2. The number of aliphatic imine (C=N–C) groups is 1. The number of alkyl halides is 3. The number of carbonyl (C=O) groups excluding carboxylic acids is 1. The maximum Gasteiger partial charge on any atom is 0.416 e. The van der Waals surface area contributed by atoms with Gasteiger partial charge in [0.05, 0.1) is 12.1 Å². The first-order chi connectivity index (χ1) is 17.3. The molecule has 1 atom stereocenters. The third kappa shape index (κ3) is 5.10. The van der Waals surface area contributed by atoms with Crippen LogP contribution >= 0.6 is 0 Å². The van der Waals surface area contributed by atoms with Gasteiger partial charge in [-0.3, -0.25) is 14.8 Å². The molecular formula is C27H23F3N4O2. The van der Waals surface area contributed by atoms with Crippen molar-refractivity contribution in [3.63, 3.8) is 0 Å². The van der Waals surface area contributed by atoms with Crippen molar-refractivity contribution in [2.45, 2.75) is 25.6 Å². The lowest BCUT2D eigenvalue weighted by atomic mass is 9.93. The molecule has 184 valence electrons. The summed E-state index contributed by atoms with van der Waals surface area (Å²) >= 11 is 0. The van der Waals surface area contributed by atoms with Crippen LogP contribution in [0.25, 0.3) is 6.08 Å². The van der Waals surface area contributed by atoms with Gasteiger partial charge in [0.15, 0.2) is 0 Å². The molecule has 1 aliphatic heterocycles.